The zero-order valence-corrected chi connectivity index (χ0v) is 14.1. The molecule has 0 heterocycles. The summed E-state index contributed by atoms with van der Waals surface area (Å²) in [6.07, 6.45) is 1.09. The fraction of sp³-hybridized carbons (Fsp3) is 0.412. The van der Waals surface area contributed by atoms with Crippen LogP contribution in [0.25, 0.3) is 0 Å². The van der Waals surface area contributed by atoms with Crippen LogP contribution in [0.3, 0.4) is 0 Å². The number of hydrogen-bond donors (Lipinski definition) is 4. The fourth-order valence-corrected chi connectivity index (χ4v) is 2.05. The number of carbonyl (C=O) groups excluding carboxylic acids is 3. The van der Waals surface area contributed by atoms with Gasteiger partial charge in [0.05, 0.1) is 6.42 Å². The highest BCUT2D eigenvalue weighted by atomic mass is 16.4. The van der Waals surface area contributed by atoms with E-state index in [-0.39, 0.29) is 30.6 Å². The van der Waals surface area contributed by atoms with Crippen molar-refractivity contribution < 1.29 is 24.3 Å². The number of aliphatic carboxylic acids is 1. The van der Waals surface area contributed by atoms with E-state index in [9.17, 15) is 19.2 Å². The lowest BCUT2D eigenvalue weighted by atomic mass is 10.1. The summed E-state index contributed by atoms with van der Waals surface area (Å²) in [5.41, 5.74) is 1.30. The molecule has 0 fully saturated rings. The molecule has 0 radical (unpaired) electrons. The van der Waals surface area contributed by atoms with Crippen molar-refractivity contribution in [2.24, 2.45) is 0 Å². The summed E-state index contributed by atoms with van der Waals surface area (Å²) in [5, 5.41) is 16.2. The van der Waals surface area contributed by atoms with Gasteiger partial charge in [0.25, 0.3) is 0 Å². The van der Waals surface area contributed by atoms with Crippen molar-refractivity contribution in [1.82, 2.24) is 10.6 Å². The number of carboxylic acids is 1. The molecule has 1 aromatic carbocycles. The number of benzene rings is 1. The van der Waals surface area contributed by atoms with E-state index >= 15 is 0 Å². The Morgan fingerprint density at radius 1 is 0.920 bits per heavy atom. The van der Waals surface area contributed by atoms with Crippen LogP contribution in [0.4, 0.5) is 5.69 Å². The lowest BCUT2D eigenvalue weighted by molar-refractivity contribution is -0.137. The van der Waals surface area contributed by atoms with Crippen LogP contribution in [0.15, 0.2) is 24.3 Å². The summed E-state index contributed by atoms with van der Waals surface area (Å²) in [4.78, 5) is 45.0. The standard InChI is InChI=1S/C17H23N3O5/c1-2-18-14(21)4-3-5-15(22)20-13-8-6-12(7-9-13)10-16(23)19-11-17(24)25/h6-9H,2-5,10-11H2,1H3,(H,18,21)(H,19,23)(H,20,22)(H,24,25). The van der Waals surface area contributed by atoms with Crippen molar-refractivity contribution in [3.63, 3.8) is 0 Å². The van der Waals surface area contributed by atoms with E-state index in [1.807, 2.05) is 6.92 Å². The third-order valence-corrected chi connectivity index (χ3v) is 3.22. The summed E-state index contributed by atoms with van der Waals surface area (Å²) in [7, 11) is 0. The first-order chi connectivity index (χ1) is 11.9. The number of anilines is 1. The molecule has 0 saturated carbocycles. The van der Waals surface area contributed by atoms with Gasteiger partial charge in [-0.2, -0.15) is 0 Å². The number of carboxylic acid groups (broad SMARTS) is 1. The Labute approximate surface area is 146 Å². The van der Waals surface area contributed by atoms with Crippen LogP contribution < -0.4 is 16.0 Å². The van der Waals surface area contributed by atoms with Gasteiger partial charge in [-0.05, 0) is 31.0 Å². The smallest absolute Gasteiger partial charge is 0.322 e. The normalized spacial score (nSPS) is 9.96. The van der Waals surface area contributed by atoms with Gasteiger partial charge in [-0.1, -0.05) is 12.1 Å². The van der Waals surface area contributed by atoms with Gasteiger partial charge in [0.15, 0.2) is 0 Å². The fourth-order valence-electron chi connectivity index (χ4n) is 2.05. The van der Waals surface area contributed by atoms with Gasteiger partial charge in [-0.25, -0.2) is 0 Å². The van der Waals surface area contributed by atoms with E-state index in [0.29, 0.717) is 30.6 Å². The highest BCUT2D eigenvalue weighted by Gasteiger charge is 2.07. The highest BCUT2D eigenvalue weighted by molar-refractivity contribution is 5.91. The van der Waals surface area contributed by atoms with Gasteiger partial charge in [-0.15, -0.1) is 0 Å². The third-order valence-electron chi connectivity index (χ3n) is 3.22. The quantitative estimate of drug-likeness (QED) is 0.494. The largest absolute Gasteiger partial charge is 0.480 e. The molecule has 136 valence electrons. The summed E-state index contributed by atoms with van der Waals surface area (Å²) in [6, 6.07) is 6.71. The molecule has 1 rings (SSSR count). The molecule has 8 heteroatoms. The molecule has 0 spiro atoms. The van der Waals surface area contributed by atoms with Crippen LogP contribution in [0, 0.1) is 0 Å². The van der Waals surface area contributed by atoms with Gasteiger partial charge < -0.3 is 21.1 Å². The van der Waals surface area contributed by atoms with Crippen LogP contribution in [0.5, 0.6) is 0 Å². The van der Waals surface area contributed by atoms with E-state index in [1.165, 1.54) is 0 Å². The Morgan fingerprint density at radius 2 is 1.56 bits per heavy atom. The Balaban J connectivity index is 2.35. The molecule has 0 aliphatic heterocycles. The van der Waals surface area contributed by atoms with Gasteiger partial charge in [0.1, 0.15) is 6.54 Å². The predicted molar refractivity (Wildman–Crippen MR) is 92.0 cm³/mol. The van der Waals surface area contributed by atoms with Crippen molar-refractivity contribution in [2.45, 2.75) is 32.6 Å². The topological polar surface area (TPSA) is 125 Å². The Kier molecular flexibility index (Phi) is 8.70. The molecule has 1 aromatic rings. The van der Waals surface area contributed by atoms with Gasteiger partial charge >= 0.3 is 5.97 Å². The molecule has 0 bridgehead atoms. The van der Waals surface area contributed by atoms with Crippen LogP contribution >= 0.6 is 0 Å². The number of nitrogens with one attached hydrogen (secondary N) is 3. The number of amides is 3. The summed E-state index contributed by atoms with van der Waals surface area (Å²) in [5.74, 6) is -1.74. The van der Waals surface area contributed by atoms with Crippen molar-refractivity contribution in [2.75, 3.05) is 18.4 Å². The zero-order chi connectivity index (χ0) is 18.7. The molecular formula is C17H23N3O5. The summed E-state index contributed by atoms with van der Waals surface area (Å²) < 4.78 is 0. The van der Waals surface area contributed by atoms with Gasteiger partial charge in [0, 0.05) is 25.1 Å². The van der Waals surface area contributed by atoms with Crippen LogP contribution in [0.2, 0.25) is 0 Å². The lowest BCUT2D eigenvalue weighted by Gasteiger charge is -2.07. The van der Waals surface area contributed by atoms with E-state index < -0.39 is 12.5 Å². The van der Waals surface area contributed by atoms with Crippen LogP contribution in [-0.4, -0.2) is 41.9 Å². The first kappa shape index (κ1) is 20.1. The number of hydrogen-bond acceptors (Lipinski definition) is 4. The molecule has 0 atom stereocenters. The SMILES string of the molecule is CCNC(=O)CCCC(=O)Nc1ccc(CC(=O)NCC(=O)O)cc1. The average Bonchev–Trinajstić information content (AvgIpc) is 2.55. The van der Waals surface area contributed by atoms with E-state index in [0.717, 1.165) is 0 Å². The van der Waals surface area contributed by atoms with Gasteiger partial charge in [0.2, 0.25) is 17.7 Å². The van der Waals surface area contributed by atoms with E-state index in [2.05, 4.69) is 16.0 Å². The Morgan fingerprint density at radius 3 is 2.16 bits per heavy atom. The van der Waals surface area contributed by atoms with E-state index in [1.54, 1.807) is 24.3 Å². The molecule has 8 nitrogen and oxygen atoms in total. The molecule has 0 saturated heterocycles. The van der Waals surface area contributed by atoms with Crippen molar-refractivity contribution in [1.29, 1.82) is 0 Å². The van der Waals surface area contributed by atoms with Crippen molar-refractivity contribution in [3.05, 3.63) is 29.8 Å². The molecule has 0 aliphatic carbocycles. The number of rotatable bonds is 10. The maximum atomic E-state index is 11.8. The first-order valence-corrected chi connectivity index (χ1v) is 8.04. The van der Waals surface area contributed by atoms with Crippen LogP contribution in [0.1, 0.15) is 31.7 Å². The minimum atomic E-state index is -1.10. The maximum absolute atomic E-state index is 11.8. The van der Waals surface area contributed by atoms with Gasteiger partial charge in [-0.3, -0.25) is 19.2 Å². The molecule has 0 aromatic heterocycles. The molecule has 0 unspecified atom stereocenters. The maximum Gasteiger partial charge on any atom is 0.322 e. The average molecular weight is 349 g/mol. The number of carbonyl (C=O) groups is 4. The second kappa shape index (κ2) is 10.8. The molecular weight excluding hydrogens is 326 g/mol. The summed E-state index contributed by atoms with van der Waals surface area (Å²) >= 11 is 0. The minimum absolute atomic E-state index is 0.0635. The second-order valence-corrected chi connectivity index (χ2v) is 5.40. The highest BCUT2D eigenvalue weighted by Crippen LogP contribution is 2.11. The lowest BCUT2D eigenvalue weighted by Crippen LogP contribution is -2.30. The third kappa shape index (κ3) is 9.09. The minimum Gasteiger partial charge on any atom is -0.480 e. The Hall–Kier alpha value is -2.90. The molecule has 4 N–H and O–H groups in total. The Bertz CT molecular complexity index is 613. The molecule has 25 heavy (non-hydrogen) atoms. The molecule has 3 amide bonds. The molecule has 0 aliphatic rings. The van der Waals surface area contributed by atoms with Crippen molar-refractivity contribution >= 4 is 29.4 Å². The summed E-state index contributed by atoms with van der Waals surface area (Å²) in [6.45, 7) is 2.00. The second-order valence-electron chi connectivity index (χ2n) is 5.40. The first-order valence-electron chi connectivity index (χ1n) is 8.04. The van der Waals surface area contributed by atoms with Crippen LogP contribution in [-0.2, 0) is 25.6 Å². The predicted octanol–water partition coefficient (Wildman–Crippen LogP) is 0.675. The van der Waals surface area contributed by atoms with E-state index in [4.69, 9.17) is 5.11 Å². The zero-order valence-electron chi connectivity index (χ0n) is 14.1. The monoisotopic (exact) mass is 349 g/mol. The van der Waals surface area contributed by atoms with Crippen molar-refractivity contribution in [3.8, 4) is 0 Å².